The van der Waals surface area contributed by atoms with Crippen molar-refractivity contribution in [3.63, 3.8) is 0 Å². The van der Waals surface area contributed by atoms with Crippen LogP contribution in [0.15, 0.2) is 19.0 Å². The standard InChI is InChI=1S/C17H28N4O/c1-2-21-13-14(12-19-21)11-18-15-7-9-20(10-8-15)16-5-3-4-6-17(16)22/h2,12-13,15-18,22H,1,3-11H2. The summed E-state index contributed by atoms with van der Waals surface area (Å²) in [6.07, 6.45) is 12.4. The van der Waals surface area contributed by atoms with E-state index in [0.29, 0.717) is 12.1 Å². The molecule has 1 aromatic heterocycles. The minimum absolute atomic E-state index is 0.108. The predicted octanol–water partition coefficient (Wildman–Crippen LogP) is 1.84. The van der Waals surface area contributed by atoms with Crippen LogP contribution in [0.3, 0.4) is 0 Å². The van der Waals surface area contributed by atoms with Gasteiger partial charge in [-0.3, -0.25) is 4.90 Å². The Morgan fingerprint density at radius 2 is 2.05 bits per heavy atom. The number of aliphatic hydroxyl groups is 1. The van der Waals surface area contributed by atoms with Gasteiger partial charge in [-0.2, -0.15) is 5.10 Å². The maximum absolute atomic E-state index is 10.2. The molecule has 5 nitrogen and oxygen atoms in total. The van der Waals surface area contributed by atoms with Gasteiger partial charge in [-0.05, 0) is 25.7 Å². The van der Waals surface area contributed by atoms with Crippen molar-refractivity contribution in [3.8, 4) is 0 Å². The summed E-state index contributed by atoms with van der Waals surface area (Å²) in [5, 5.41) is 18.0. The van der Waals surface area contributed by atoms with Gasteiger partial charge in [-0.25, -0.2) is 4.68 Å². The highest BCUT2D eigenvalue weighted by atomic mass is 16.3. The van der Waals surface area contributed by atoms with Gasteiger partial charge in [-0.1, -0.05) is 19.4 Å². The van der Waals surface area contributed by atoms with E-state index in [1.165, 1.54) is 37.7 Å². The molecule has 1 aliphatic heterocycles. The number of nitrogens with zero attached hydrogens (tertiary/aromatic N) is 3. The van der Waals surface area contributed by atoms with Crippen LogP contribution in [0, 0.1) is 0 Å². The zero-order chi connectivity index (χ0) is 15.4. The Kier molecular flexibility index (Phi) is 5.28. The fraction of sp³-hybridized carbons (Fsp3) is 0.706. The van der Waals surface area contributed by atoms with Gasteiger partial charge in [0.15, 0.2) is 0 Å². The van der Waals surface area contributed by atoms with E-state index in [1.54, 1.807) is 10.9 Å². The zero-order valence-corrected chi connectivity index (χ0v) is 13.3. The van der Waals surface area contributed by atoms with Gasteiger partial charge in [0.2, 0.25) is 0 Å². The highest BCUT2D eigenvalue weighted by Crippen LogP contribution is 2.25. The fourth-order valence-electron chi connectivity index (χ4n) is 3.78. The van der Waals surface area contributed by atoms with Crippen molar-refractivity contribution in [1.29, 1.82) is 0 Å². The van der Waals surface area contributed by atoms with Crippen molar-refractivity contribution in [2.75, 3.05) is 13.1 Å². The molecule has 2 heterocycles. The SMILES string of the molecule is C=Cn1cc(CNC2CCN(C3CCCCC3O)CC2)cn1. The summed E-state index contributed by atoms with van der Waals surface area (Å²) >= 11 is 0. The normalized spacial score (nSPS) is 27.9. The van der Waals surface area contributed by atoms with Crippen LogP contribution in [0.2, 0.25) is 0 Å². The summed E-state index contributed by atoms with van der Waals surface area (Å²) in [6, 6.07) is 0.976. The van der Waals surface area contributed by atoms with E-state index >= 15 is 0 Å². The first kappa shape index (κ1) is 15.7. The van der Waals surface area contributed by atoms with E-state index in [4.69, 9.17) is 0 Å². The number of hydrogen-bond donors (Lipinski definition) is 2. The number of nitrogens with one attached hydrogen (secondary N) is 1. The van der Waals surface area contributed by atoms with Crippen LogP contribution in [0.1, 0.15) is 44.1 Å². The van der Waals surface area contributed by atoms with Crippen molar-refractivity contribution >= 4 is 6.20 Å². The Hall–Kier alpha value is -1.17. The Balaban J connectivity index is 1.42. The molecule has 0 spiro atoms. The van der Waals surface area contributed by atoms with Crippen LogP contribution in [0.5, 0.6) is 0 Å². The molecule has 1 aliphatic carbocycles. The average Bonchev–Trinajstić information content (AvgIpc) is 3.02. The third-order valence-corrected chi connectivity index (χ3v) is 5.13. The number of aliphatic hydroxyl groups excluding tert-OH is 1. The molecule has 0 radical (unpaired) electrons. The molecule has 2 aliphatic rings. The van der Waals surface area contributed by atoms with Gasteiger partial charge in [-0.15, -0.1) is 0 Å². The van der Waals surface area contributed by atoms with E-state index in [9.17, 15) is 5.11 Å². The van der Waals surface area contributed by atoms with Crippen molar-refractivity contribution in [1.82, 2.24) is 20.0 Å². The van der Waals surface area contributed by atoms with E-state index in [-0.39, 0.29) is 6.10 Å². The second-order valence-corrected chi connectivity index (χ2v) is 6.62. The Labute approximate surface area is 133 Å². The molecule has 2 N–H and O–H groups in total. The second kappa shape index (κ2) is 7.40. The van der Waals surface area contributed by atoms with Crippen LogP contribution in [-0.2, 0) is 6.54 Å². The predicted molar refractivity (Wildman–Crippen MR) is 88.3 cm³/mol. The molecule has 0 bridgehead atoms. The summed E-state index contributed by atoms with van der Waals surface area (Å²) < 4.78 is 1.74. The zero-order valence-electron chi connectivity index (χ0n) is 13.3. The number of piperidine rings is 1. The molecule has 0 amide bonds. The molecule has 22 heavy (non-hydrogen) atoms. The van der Waals surface area contributed by atoms with Crippen LogP contribution in [0.4, 0.5) is 0 Å². The Morgan fingerprint density at radius 1 is 1.27 bits per heavy atom. The molecule has 2 atom stereocenters. The van der Waals surface area contributed by atoms with Crippen molar-refractivity contribution in [2.24, 2.45) is 0 Å². The molecular weight excluding hydrogens is 276 g/mol. The van der Waals surface area contributed by atoms with Crippen molar-refractivity contribution in [3.05, 3.63) is 24.5 Å². The minimum atomic E-state index is -0.108. The lowest BCUT2D eigenvalue weighted by atomic mass is 9.89. The highest BCUT2D eigenvalue weighted by molar-refractivity contribution is 5.17. The Bertz CT molecular complexity index is 479. The highest BCUT2D eigenvalue weighted by Gasteiger charge is 2.31. The quantitative estimate of drug-likeness (QED) is 0.871. The second-order valence-electron chi connectivity index (χ2n) is 6.62. The van der Waals surface area contributed by atoms with Gasteiger partial charge in [0, 0.05) is 49.7 Å². The molecule has 0 aromatic carbocycles. The molecule has 2 unspecified atom stereocenters. The first-order valence-corrected chi connectivity index (χ1v) is 8.57. The van der Waals surface area contributed by atoms with E-state index in [0.717, 1.165) is 26.1 Å². The molecule has 122 valence electrons. The third-order valence-electron chi connectivity index (χ3n) is 5.13. The minimum Gasteiger partial charge on any atom is -0.391 e. The molecule has 3 rings (SSSR count). The third kappa shape index (κ3) is 3.77. The molecule has 2 fully saturated rings. The van der Waals surface area contributed by atoms with E-state index < -0.39 is 0 Å². The summed E-state index contributed by atoms with van der Waals surface area (Å²) in [6.45, 7) is 6.78. The Morgan fingerprint density at radius 3 is 2.73 bits per heavy atom. The smallest absolute Gasteiger partial charge is 0.0695 e. The number of hydrogen-bond acceptors (Lipinski definition) is 4. The summed E-state index contributed by atoms with van der Waals surface area (Å²) in [4.78, 5) is 2.51. The fourth-order valence-corrected chi connectivity index (χ4v) is 3.78. The van der Waals surface area contributed by atoms with E-state index in [1.807, 2.05) is 12.4 Å². The number of rotatable bonds is 5. The van der Waals surface area contributed by atoms with Gasteiger partial charge in [0.05, 0.1) is 12.3 Å². The maximum atomic E-state index is 10.2. The largest absolute Gasteiger partial charge is 0.391 e. The first-order chi connectivity index (χ1) is 10.8. The van der Waals surface area contributed by atoms with E-state index in [2.05, 4.69) is 21.9 Å². The van der Waals surface area contributed by atoms with Crippen molar-refractivity contribution in [2.45, 2.75) is 63.3 Å². The first-order valence-electron chi connectivity index (χ1n) is 8.57. The van der Waals surface area contributed by atoms with Crippen LogP contribution in [-0.4, -0.2) is 51.1 Å². The molecule has 1 aromatic rings. The monoisotopic (exact) mass is 304 g/mol. The molecular formula is C17H28N4O. The van der Waals surface area contributed by atoms with Gasteiger partial charge >= 0.3 is 0 Å². The lowest BCUT2D eigenvalue weighted by Crippen LogP contribution is -2.51. The van der Waals surface area contributed by atoms with Crippen LogP contribution >= 0.6 is 0 Å². The summed E-state index contributed by atoms with van der Waals surface area (Å²) in [5.41, 5.74) is 1.20. The summed E-state index contributed by atoms with van der Waals surface area (Å²) in [7, 11) is 0. The van der Waals surface area contributed by atoms with Crippen LogP contribution in [0.25, 0.3) is 6.20 Å². The topological polar surface area (TPSA) is 53.3 Å². The number of aromatic nitrogens is 2. The van der Waals surface area contributed by atoms with Gasteiger partial charge in [0.1, 0.15) is 0 Å². The molecule has 1 saturated carbocycles. The van der Waals surface area contributed by atoms with Gasteiger partial charge in [0.25, 0.3) is 0 Å². The lowest BCUT2D eigenvalue weighted by Gasteiger charge is -2.41. The molecule has 1 saturated heterocycles. The van der Waals surface area contributed by atoms with Crippen LogP contribution < -0.4 is 5.32 Å². The summed E-state index contributed by atoms with van der Waals surface area (Å²) in [5.74, 6) is 0. The lowest BCUT2D eigenvalue weighted by molar-refractivity contribution is 0.00714. The van der Waals surface area contributed by atoms with Gasteiger partial charge < -0.3 is 10.4 Å². The number of likely N-dealkylation sites (tertiary alicyclic amines) is 1. The maximum Gasteiger partial charge on any atom is 0.0695 e. The average molecular weight is 304 g/mol. The molecule has 5 heteroatoms. The van der Waals surface area contributed by atoms with Crippen molar-refractivity contribution < 1.29 is 5.11 Å².